The zero-order valence-electron chi connectivity index (χ0n) is 20.4. The summed E-state index contributed by atoms with van der Waals surface area (Å²) in [6.07, 6.45) is 0. The summed E-state index contributed by atoms with van der Waals surface area (Å²) in [4.78, 5) is 38.9. The monoisotopic (exact) mass is 484 g/mol. The number of anilines is 3. The van der Waals surface area contributed by atoms with Crippen molar-refractivity contribution < 1.29 is 19.1 Å². The summed E-state index contributed by atoms with van der Waals surface area (Å²) in [6.45, 7) is 2.78. The molecule has 8 heteroatoms. The van der Waals surface area contributed by atoms with Crippen molar-refractivity contribution in [2.75, 3.05) is 42.8 Å². The van der Waals surface area contributed by atoms with Gasteiger partial charge in [-0.2, -0.15) is 0 Å². The second kappa shape index (κ2) is 10.9. The van der Waals surface area contributed by atoms with Gasteiger partial charge in [-0.25, -0.2) is 4.79 Å². The maximum Gasteiger partial charge on any atom is 0.337 e. The van der Waals surface area contributed by atoms with Gasteiger partial charge in [0.2, 0.25) is 5.91 Å². The number of ether oxygens (including phenoxy) is 1. The smallest absolute Gasteiger partial charge is 0.337 e. The van der Waals surface area contributed by atoms with Crippen LogP contribution in [0, 0.1) is 0 Å². The molecule has 0 atom stereocenters. The molecule has 0 aromatic heterocycles. The zero-order valence-corrected chi connectivity index (χ0v) is 20.4. The van der Waals surface area contributed by atoms with Crippen molar-refractivity contribution in [2.45, 2.75) is 6.92 Å². The van der Waals surface area contributed by atoms with E-state index in [0.717, 1.165) is 16.9 Å². The van der Waals surface area contributed by atoms with E-state index in [-0.39, 0.29) is 11.8 Å². The normalized spacial score (nSPS) is 13.5. The minimum absolute atomic E-state index is 0.0383. The largest absolute Gasteiger partial charge is 0.465 e. The number of carbonyl (C=O) groups excluding carboxylic acids is 3. The Balaban J connectivity index is 1.73. The number of rotatable bonds is 8. The number of benzene rings is 3. The molecule has 3 N–H and O–H groups in total. The summed E-state index contributed by atoms with van der Waals surface area (Å²) >= 11 is 0. The number of esters is 1. The molecule has 36 heavy (non-hydrogen) atoms. The minimum atomic E-state index is -0.472. The lowest BCUT2D eigenvalue weighted by atomic mass is 9.99. The summed E-state index contributed by atoms with van der Waals surface area (Å²) in [5, 5.41) is 9.33. The molecule has 4 rings (SSSR count). The minimum Gasteiger partial charge on any atom is -0.465 e. The molecule has 0 radical (unpaired) electrons. The molecule has 8 nitrogen and oxygen atoms in total. The third kappa shape index (κ3) is 5.13. The van der Waals surface area contributed by atoms with E-state index in [0.29, 0.717) is 41.2 Å². The van der Waals surface area contributed by atoms with Crippen LogP contribution in [0.4, 0.5) is 17.1 Å². The highest BCUT2D eigenvalue weighted by Gasteiger charge is 2.29. The van der Waals surface area contributed by atoms with Crippen molar-refractivity contribution in [3.8, 4) is 0 Å². The van der Waals surface area contributed by atoms with Crippen molar-refractivity contribution in [3.05, 3.63) is 89.5 Å². The zero-order chi connectivity index (χ0) is 25.7. The Morgan fingerprint density at radius 2 is 1.69 bits per heavy atom. The fourth-order valence-corrected chi connectivity index (χ4v) is 4.11. The highest BCUT2D eigenvalue weighted by molar-refractivity contribution is 6.37. The van der Waals surface area contributed by atoms with E-state index >= 15 is 0 Å². The van der Waals surface area contributed by atoms with Crippen LogP contribution in [-0.2, 0) is 14.3 Å². The molecule has 0 unspecified atom stereocenters. The van der Waals surface area contributed by atoms with Gasteiger partial charge in [0.15, 0.2) is 0 Å². The predicted molar refractivity (Wildman–Crippen MR) is 142 cm³/mol. The van der Waals surface area contributed by atoms with E-state index in [9.17, 15) is 14.4 Å². The van der Waals surface area contributed by atoms with Gasteiger partial charge < -0.3 is 25.6 Å². The summed E-state index contributed by atoms with van der Waals surface area (Å²) in [5.41, 5.74) is 5.06. The van der Waals surface area contributed by atoms with Gasteiger partial charge in [-0.05, 0) is 49.0 Å². The van der Waals surface area contributed by atoms with Gasteiger partial charge in [-0.15, -0.1) is 0 Å². The van der Waals surface area contributed by atoms with Crippen molar-refractivity contribution in [2.24, 2.45) is 0 Å². The molecule has 0 fully saturated rings. The fourth-order valence-electron chi connectivity index (χ4n) is 4.11. The number of likely N-dealkylation sites (N-methyl/N-ethyl adjacent to an activating group) is 1. The number of amides is 2. The second-order valence-electron chi connectivity index (χ2n) is 8.27. The van der Waals surface area contributed by atoms with Crippen molar-refractivity contribution in [1.82, 2.24) is 5.32 Å². The average Bonchev–Trinajstić information content (AvgIpc) is 3.22. The van der Waals surface area contributed by atoms with Crippen LogP contribution in [0.3, 0.4) is 0 Å². The summed E-state index contributed by atoms with van der Waals surface area (Å²) in [6, 6.07) is 22.1. The molecule has 0 bridgehead atoms. The maximum absolute atomic E-state index is 13.1. The number of fused-ring (bicyclic) bond motifs is 1. The first kappa shape index (κ1) is 24.7. The molecule has 3 aromatic carbocycles. The predicted octanol–water partition coefficient (Wildman–Crippen LogP) is 3.98. The van der Waals surface area contributed by atoms with Crippen LogP contribution in [-0.4, -0.2) is 45.0 Å². The second-order valence-corrected chi connectivity index (χ2v) is 8.27. The molecule has 0 spiro atoms. The SMILES string of the molecule is CNCCN(C(C)=O)c1ccc(NC(=C2C(=O)Nc3cc(C(=O)OC)ccc32)c2ccccc2)cc1. The van der Waals surface area contributed by atoms with Crippen LogP contribution >= 0.6 is 0 Å². The number of hydrogen-bond acceptors (Lipinski definition) is 6. The third-order valence-corrected chi connectivity index (χ3v) is 5.91. The Bertz CT molecular complexity index is 1320. The number of nitrogens with one attached hydrogen (secondary N) is 3. The molecular formula is C28H28N4O4. The molecule has 184 valence electrons. The van der Waals surface area contributed by atoms with Crippen molar-refractivity contribution >= 4 is 46.1 Å². The van der Waals surface area contributed by atoms with E-state index in [2.05, 4.69) is 16.0 Å². The molecule has 0 aliphatic carbocycles. The number of nitrogens with zero attached hydrogens (tertiary/aromatic N) is 1. The molecule has 0 saturated heterocycles. The van der Waals surface area contributed by atoms with Gasteiger partial charge in [-0.1, -0.05) is 36.4 Å². The van der Waals surface area contributed by atoms with Gasteiger partial charge in [0.1, 0.15) is 0 Å². The van der Waals surface area contributed by atoms with Gasteiger partial charge in [0.25, 0.3) is 5.91 Å². The van der Waals surface area contributed by atoms with E-state index in [1.807, 2.05) is 61.6 Å². The van der Waals surface area contributed by atoms with Crippen LogP contribution in [0.25, 0.3) is 11.3 Å². The Morgan fingerprint density at radius 1 is 0.972 bits per heavy atom. The van der Waals surface area contributed by atoms with Gasteiger partial charge in [-0.3, -0.25) is 9.59 Å². The molecule has 0 saturated carbocycles. The lowest BCUT2D eigenvalue weighted by Gasteiger charge is -2.22. The first-order valence-corrected chi connectivity index (χ1v) is 11.6. The number of carbonyl (C=O) groups is 3. The van der Waals surface area contributed by atoms with Gasteiger partial charge in [0, 0.05) is 37.0 Å². The average molecular weight is 485 g/mol. The van der Waals surface area contributed by atoms with Crippen LogP contribution in [0.1, 0.15) is 28.4 Å². The number of hydrogen-bond donors (Lipinski definition) is 3. The molecule has 1 aliphatic heterocycles. The van der Waals surface area contributed by atoms with E-state index in [4.69, 9.17) is 4.74 Å². The maximum atomic E-state index is 13.1. The Labute approximate surface area is 210 Å². The van der Waals surface area contributed by atoms with Crippen molar-refractivity contribution in [1.29, 1.82) is 0 Å². The highest BCUT2D eigenvalue weighted by Crippen LogP contribution is 2.38. The highest BCUT2D eigenvalue weighted by atomic mass is 16.5. The lowest BCUT2D eigenvalue weighted by Crippen LogP contribution is -2.34. The van der Waals surface area contributed by atoms with E-state index in [1.54, 1.807) is 30.0 Å². The summed E-state index contributed by atoms with van der Waals surface area (Å²) in [7, 11) is 3.16. The Morgan fingerprint density at radius 3 is 2.33 bits per heavy atom. The quantitative estimate of drug-likeness (QED) is 0.330. The number of methoxy groups -OCH3 is 1. The fraction of sp³-hybridized carbons (Fsp3) is 0.179. The topological polar surface area (TPSA) is 99.8 Å². The lowest BCUT2D eigenvalue weighted by molar-refractivity contribution is -0.116. The van der Waals surface area contributed by atoms with Crippen LogP contribution in [0.5, 0.6) is 0 Å². The first-order chi connectivity index (χ1) is 17.4. The molecule has 3 aromatic rings. The Kier molecular flexibility index (Phi) is 7.46. The van der Waals surface area contributed by atoms with E-state index in [1.165, 1.54) is 7.11 Å². The van der Waals surface area contributed by atoms with Gasteiger partial charge >= 0.3 is 5.97 Å². The molecule has 1 aliphatic rings. The standard InChI is InChI=1S/C28H28N4O4/c1-18(33)32(16-15-29-2)22-12-10-21(11-13-22)30-26(19-7-5-4-6-8-19)25-23-14-9-20(28(35)36-3)17-24(23)31-27(25)34/h4-14,17,29-30H,15-16H2,1-3H3,(H,31,34). The van der Waals surface area contributed by atoms with Gasteiger partial charge in [0.05, 0.1) is 29.6 Å². The summed E-state index contributed by atoms with van der Waals surface area (Å²) < 4.78 is 4.80. The van der Waals surface area contributed by atoms with Crippen LogP contribution < -0.4 is 20.9 Å². The van der Waals surface area contributed by atoms with Crippen LogP contribution in [0.15, 0.2) is 72.8 Å². The van der Waals surface area contributed by atoms with Crippen molar-refractivity contribution in [3.63, 3.8) is 0 Å². The molecule has 1 heterocycles. The first-order valence-electron chi connectivity index (χ1n) is 11.6. The third-order valence-electron chi connectivity index (χ3n) is 5.91. The van der Waals surface area contributed by atoms with Crippen LogP contribution in [0.2, 0.25) is 0 Å². The molecule has 2 amide bonds. The van der Waals surface area contributed by atoms with E-state index < -0.39 is 5.97 Å². The molecular weight excluding hydrogens is 456 g/mol. The summed E-state index contributed by atoms with van der Waals surface area (Å²) in [5.74, 6) is -0.784. The Hall–Kier alpha value is -4.43.